The number of nitro benzene ring substituents is 1. The molecule has 1 amide bonds. The Morgan fingerprint density at radius 2 is 1.76 bits per heavy atom. The minimum atomic E-state index is -0.598. The maximum atomic E-state index is 12.2. The van der Waals surface area contributed by atoms with E-state index in [1.54, 1.807) is 12.1 Å². The van der Waals surface area contributed by atoms with E-state index in [0.717, 1.165) is 0 Å². The zero-order chi connectivity index (χ0) is 15.6. The number of nitro groups is 1. The summed E-state index contributed by atoms with van der Waals surface area (Å²) in [5, 5.41) is 14.1. The van der Waals surface area contributed by atoms with E-state index in [4.69, 9.17) is 23.2 Å². The van der Waals surface area contributed by atoms with Crippen LogP contribution in [0.2, 0.25) is 10.0 Å². The lowest BCUT2D eigenvalue weighted by molar-refractivity contribution is -0.383. The second kappa shape index (κ2) is 6.43. The summed E-state index contributed by atoms with van der Waals surface area (Å²) in [5.41, 5.74) is 0.0343. The highest BCUT2D eigenvalue weighted by Crippen LogP contribution is 2.29. The number of halogens is 3. The van der Waals surface area contributed by atoms with E-state index in [9.17, 15) is 14.9 Å². The van der Waals surface area contributed by atoms with Gasteiger partial charge in [0.25, 0.3) is 11.6 Å². The molecule has 0 atom stereocenters. The zero-order valence-corrected chi connectivity index (χ0v) is 13.4. The maximum Gasteiger partial charge on any atom is 0.292 e. The van der Waals surface area contributed by atoms with Crippen molar-refractivity contribution in [3.8, 4) is 0 Å². The molecule has 0 fully saturated rings. The van der Waals surface area contributed by atoms with Crippen LogP contribution in [0.25, 0.3) is 0 Å². The molecule has 0 radical (unpaired) electrons. The van der Waals surface area contributed by atoms with Crippen molar-refractivity contribution < 1.29 is 9.72 Å². The topological polar surface area (TPSA) is 72.2 Å². The molecular formula is C13H7BrCl2N2O3. The lowest BCUT2D eigenvalue weighted by atomic mass is 10.2. The van der Waals surface area contributed by atoms with Crippen molar-refractivity contribution in [2.75, 3.05) is 5.32 Å². The smallest absolute Gasteiger partial charge is 0.292 e. The fraction of sp³-hybridized carbons (Fsp3) is 0. The molecule has 0 aromatic heterocycles. The van der Waals surface area contributed by atoms with Gasteiger partial charge in [0.15, 0.2) is 0 Å². The van der Waals surface area contributed by atoms with Gasteiger partial charge in [-0.25, -0.2) is 0 Å². The van der Waals surface area contributed by atoms with Crippen molar-refractivity contribution in [2.45, 2.75) is 0 Å². The second-order valence-electron chi connectivity index (χ2n) is 4.00. The molecule has 0 unspecified atom stereocenters. The fourth-order valence-corrected chi connectivity index (χ4v) is 2.40. The summed E-state index contributed by atoms with van der Waals surface area (Å²) >= 11 is 14.9. The molecular weight excluding hydrogens is 383 g/mol. The average Bonchev–Trinajstić information content (AvgIpc) is 2.41. The molecule has 0 aliphatic rings. The Morgan fingerprint density at radius 1 is 1.14 bits per heavy atom. The van der Waals surface area contributed by atoms with Crippen LogP contribution >= 0.6 is 39.1 Å². The highest BCUT2D eigenvalue weighted by atomic mass is 79.9. The number of amides is 1. The Bertz CT molecular complexity index is 737. The van der Waals surface area contributed by atoms with Crippen LogP contribution in [0.4, 0.5) is 11.4 Å². The predicted octanol–water partition coefficient (Wildman–Crippen LogP) is 4.92. The van der Waals surface area contributed by atoms with Crippen molar-refractivity contribution in [1.82, 2.24) is 0 Å². The van der Waals surface area contributed by atoms with Gasteiger partial charge in [0.2, 0.25) is 0 Å². The molecule has 2 aromatic rings. The first-order valence-electron chi connectivity index (χ1n) is 5.59. The molecule has 0 aliphatic heterocycles. The summed E-state index contributed by atoms with van der Waals surface area (Å²) in [4.78, 5) is 22.6. The number of nitrogens with zero attached hydrogens (tertiary/aromatic N) is 1. The van der Waals surface area contributed by atoms with Crippen molar-refractivity contribution in [1.29, 1.82) is 0 Å². The van der Waals surface area contributed by atoms with Crippen molar-refractivity contribution in [3.05, 3.63) is 66.6 Å². The third-order valence-corrected chi connectivity index (χ3v) is 3.74. The first kappa shape index (κ1) is 15.8. The number of benzene rings is 2. The van der Waals surface area contributed by atoms with E-state index in [2.05, 4.69) is 21.2 Å². The van der Waals surface area contributed by atoms with E-state index in [-0.39, 0.29) is 22.0 Å². The van der Waals surface area contributed by atoms with Crippen LogP contribution in [0, 0.1) is 10.1 Å². The Morgan fingerprint density at radius 3 is 2.43 bits per heavy atom. The SMILES string of the molecule is O=C(Nc1cc(Cl)ccc1[N+](=O)[O-])c1cc(Cl)ccc1Br. The van der Waals surface area contributed by atoms with E-state index in [1.165, 1.54) is 24.3 Å². The Kier molecular flexibility index (Phi) is 4.82. The summed E-state index contributed by atoms with van der Waals surface area (Å²) in [6, 6.07) is 8.61. The van der Waals surface area contributed by atoms with Gasteiger partial charge in [0.1, 0.15) is 5.69 Å². The lowest BCUT2D eigenvalue weighted by Crippen LogP contribution is -2.13. The highest BCUT2D eigenvalue weighted by molar-refractivity contribution is 9.10. The van der Waals surface area contributed by atoms with Crippen LogP contribution in [0.1, 0.15) is 10.4 Å². The van der Waals surface area contributed by atoms with E-state index < -0.39 is 10.8 Å². The molecule has 0 heterocycles. The molecule has 2 rings (SSSR count). The van der Waals surface area contributed by atoms with Crippen molar-refractivity contribution >= 4 is 56.4 Å². The minimum Gasteiger partial charge on any atom is -0.316 e. The molecule has 5 nitrogen and oxygen atoms in total. The molecule has 1 N–H and O–H groups in total. The van der Waals surface area contributed by atoms with Crippen molar-refractivity contribution in [3.63, 3.8) is 0 Å². The normalized spacial score (nSPS) is 10.2. The first-order valence-corrected chi connectivity index (χ1v) is 7.13. The lowest BCUT2D eigenvalue weighted by Gasteiger charge is -2.08. The molecule has 0 spiro atoms. The minimum absolute atomic E-state index is 0.0179. The fourth-order valence-electron chi connectivity index (χ4n) is 1.63. The van der Waals surface area contributed by atoms with Gasteiger partial charge >= 0.3 is 0 Å². The zero-order valence-electron chi connectivity index (χ0n) is 10.3. The van der Waals surface area contributed by atoms with E-state index >= 15 is 0 Å². The van der Waals surface area contributed by atoms with Crippen LogP contribution in [0.5, 0.6) is 0 Å². The molecule has 0 bridgehead atoms. The summed E-state index contributed by atoms with van der Waals surface area (Å²) in [6.45, 7) is 0. The van der Waals surface area contributed by atoms with Gasteiger partial charge < -0.3 is 5.32 Å². The van der Waals surface area contributed by atoms with Crippen LogP contribution in [0.3, 0.4) is 0 Å². The van der Waals surface area contributed by atoms with Gasteiger partial charge in [-0.1, -0.05) is 23.2 Å². The number of carbonyl (C=O) groups is 1. The Balaban J connectivity index is 2.38. The highest BCUT2D eigenvalue weighted by Gasteiger charge is 2.18. The van der Waals surface area contributed by atoms with Crippen LogP contribution in [0.15, 0.2) is 40.9 Å². The number of rotatable bonds is 3. The summed E-state index contributed by atoms with van der Waals surface area (Å²) in [5.74, 6) is -0.533. The number of hydrogen-bond donors (Lipinski definition) is 1. The van der Waals surface area contributed by atoms with Gasteiger partial charge in [0.05, 0.1) is 10.5 Å². The standard InChI is InChI=1S/C13H7BrCl2N2O3/c14-10-3-1-7(15)5-9(10)13(19)17-11-6-8(16)2-4-12(11)18(20)21/h1-6H,(H,17,19). The van der Waals surface area contributed by atoms with Gasteiger partial charge in [-0.15, -0.1) is 0 Å². The first-order chi connectivity index (χ1) is 9.88. The van der Waals surface area contributed by atoms with Gasteiger partial charge in [-0.3, -0.25) is 14.9 Å². The molecule has 0 aliphatic carbocycles. The molecule has 2 aromatic carbocycles. The average molecular weight is 390 g/mol. The summed E-state index contributed by atoms with van der Waals surface area (Å²) < 4.78 is 0.522. The monoisotopic (exact) mass is 388 g/mol. The number of nitrogens with one attached hydrogen (secondary N) is 1. The van der Waals surface area contributed by atoms with E-state index in [0.29, 0.717) is 9.50 Å². The molecule has 21 heavy (non-hydrogen) atoms. The molecule has 0 saturated carbocycles. The second-order valence-corrected chi connectivity index (χ2v) is 5.72. The number of anilines is 1. The largest absolute Gasteiger partial charge is 0.316 e. The van der Waals surface area contributed by atoms with Crippen LogP contribution < -0.4 is 5.32 Å². The summed E-state index contributed by atoms with van der Waals surface area (Å²) in [7, 11) is 0. The number of carbonyl (C=O) groups excluding carboxylic acids is 1. The Hall–Kier alpha value is -1.63. The quantitative estimate of drug-likeness (QED) is 0.598. The van der Waals surface area contributed by atoms with Gasteiger partial charge in [0, 0.05) is 20.6 Å². The number of hydrogen-bond acceptors (Lipinski definition) is 3. The van der Waals surface area contributed by atoms with Crippen LogP contribution in [-0.2, 0) is 0 Å². The third kappa shape index (κ3) is 3.72. The van der Waals surface area contributed by atoms with Gasteiger partial charge in [-0.05, 0) is 46.3 Å². The maximum absolute atomic E-state index is 12.2. The molecule has 8 heteroatoms. The third-order valence-electron chi connectivity index (χ3n) is 2.58. The van der Waals surface area contributed by atoms with E-state index in [1.807, 2.05) is 0 Å². The molecule has 0 saturated heterocycles. The summed E-state index contributed by atoms with van der Waals surface area (Å²) in [6.07, 6.45) is 0. The van der Waals surface area contributed by atoms with Gasteiger partial charge in [-0.2, -0.15) is 0 Å². The predicted molar refractivity (Wildman–Crippen MR) is 85.2 cm³/mol. The van der Waals surface area contributed by atoms with Crippen LogP contribution in [-0.4, -0.2) is 10.8 Å². The Labute approximate surface area is 138 Å². The molecule has 108 valence electrons. The van der Waals surface area contributed by atoms with Crippen molar-refractivity contribution in [2.24, 2.45) is 0 Å².